The first kappa shape index (κ1) is 11.9. The Morgan fingerprint density at radius 1 is 1.26 bits per heavy atom. The number of fused-ring (bicyclic) bond motifs is 1. The van der Waals surface area contributed by atoms with E-state index in [-0.39, 0.29) is 6.04 Å². The summed E-state index contributed by atoms with van der Waals surface area (Å²) in [5, 5.41) is 5.73. The number of para-hydroxylation sites is 1. The van der Waals surface area contributed by atoms with E-state index in [1.807, 2.05) is 41.7 Å². The lowest BCUT2D eigenvalue weighted by atomic mass is 10.1. The maximum atomic E-state index is 6.22. The summed E-state index contributed by atoms with van der Waals surface area (Å²) >= 11 is 0. The first-order valence-electron chi connectivity index (χ1n) is 6.29. The topological polar surface area (TPSA) is 61.7 Å². The number of benzene rings is 1. The van der Waals surface area contributed by atoms with Gasteiger partial charge in [-0.3, -0.25) is 4.68 Å². The van der Waals surface area contributed by atoms with Crippen LogP contribution in [0, 0.1) is 0 Å². The first-order valence-corrected chi connectivity index (χ1v) is 6.29. The predicted octanol–water partition coefficient (Wildman–Crippen LogP) is 1.55. The van der Waals surface area contributed by atoms with Crippen molar-refractivity contribution in [3.05, 3.63) is 48.2 Å². The van der Waals surface area contributed by atoms with Crippen LogP contribution < -0.4 is 5.73 Å². The number of aromatic nitrogens is 4. The summed E-state index contributed by atoms with van der Waals surface area (Å²) in [6.45, 7) is 0. The lowest BCUT2D eigenvalue weighted by Gasteiger charge is -2.06. The number of hydrogen-bond donors (Lipinski definition) is 1. The molecule has 1 aromatic carbocycles. The average Bonchev–Trinajstić information content (AvgIpc) is 2.96. The van der Waals surface area contributed by atoms with Gasteiger partial charge in [0, 0.05) is 32.1 Å². The summed E-state index contributed by atoms with van der Waals surface area (Å²) in [5.74, 6) is 0. The van der Waals surface area contributed by atoms with Crippen LogP contribution in [0.15, 0.2) is 36.8 Å². The van der Waals surface area contributed by atoms with E-state index >= 15 is 0 Å². The van der Waals surface area contributed by atoms with Gasteiger partial charge in [-0.1, -0.05) is 18.2 Å². The molecular formula is C14H17N5. The summed E-state index contributed by atoms with van der Waals surface area (Å²) in [5.41, 5.74) is 9.27. The standard InChI is InChI=1S/C14H17N5/c1-18-8-13(16-9-18)11(15)7-12-10-5-3-4-6-14(10)19(2)17-12/h3-6,8-9,11H,7,15H2,1-2H3. The Morgan fingerprint density at radius 3 is 2.79 bits per heavy atom. The van der Waals surface area contributed by atoms with Crippen LogP contribution in [0.4, 0.5) is 0 Å². The first-order chi connectivity index (χ1) is 9.15. The van der Waals surface area contributed by atoms with Crippen LogP contribution in [-0.2, 0) is 20.5 Å². The minimum absolute atomic E-state index is 0.125. The highest BCUT2D eigenvalue weighted by Gasteiger charge is 2.15. The third kappa shape index (κ3) is 2.13. The van der Waals surface area contributed by atoms with Gasteiger partial charge >= 0.3 is 0 Å². The van der Waals surface area contributed by atoms with Crippen molar-refractivity contribution >= 4 is 10.9 Å². The molecule has 5 heteroatoms. The van der Waals surface area contributed by atoms with Crippen molar-refractivity contribution in [2.75, 3.05) is 0 Å². The molecule has 0 saturated heterocycles. The Morgan fingerprint density at radius 2 is 2.05 bits per heavy atom. The Balaban J connectivity index is 1.93. The number of rotatable bonds is 3. The van der Waals surface area contributed by atoms with Gasteiger partial charge in [0.25, 0.3) is 0 Å². The molecule has 0 fully saturated rings. The smallest absolute Gasteiger partial charge is 0.0947 e. The van der Waals surface area contributed by atoms with Crippen molar-refractivity contribution in [1.29, 1.82) is 0 Å². The number of nitrogens with two attached hydrogens (primary N) is 1. The van der Waals surface area contributed by atoms with Crippen LogP contribution in [0.2, 0.25) is 0 Å². The zero-order valence-corrected chi connectivity index (χ0v) is 11.1. The van der Waals surface area contributed by atoms with Crippen molar-refractivity contribution in [2.24, 2.45) is 19.8 Å². The monoisotopic (exact) mass is 255 g/mol. The number of nitrogens with zero attached hydrogens (tertiary/aromatic N) is 4. The minimum Gasteiger partial charge on any atom is -0.340 e. The second-order valence-corrected chi connectivity index (χ2v) is 4.86. The molecule has 3 rings (SSSR count). The molecular weight excluding hydrogens is 238 g/mol. The molecule has 2 aromatic heterocycles. The molecule has 0 aliphatic rings. The summed E-state index contributed by atoms with van der Waals surface area (Å²) in [7, 11) is 3.90. The molecule has 5 nitrogen and oxygen atoms in total. The summed E-state index contributed by atoms with van der Waals surface area (Å²) in [6.07, 6.45) is 4.42. The van der Waals surface area contributed by atoms with Gasteiger partial charge < -0.3 is 10.3 Å². The molecule has 1 unspecified atom stereocenters. The third-order valence-corrected chi connectivity index (χ3v) is 3.35. The molecule has 2 N–H and O–H groups in total. The molecule has 19 heavy (non-hydrogen) atoms. The number of imidazole rings is 1. The lowest BCUT2D eigenvalue weighted by Crippen LogP contribution is -2.14. The second-order valence-electron chi connectivity index (χ2n) is 4.86. The maximum absolute atomic E-state index is 6.22. The molecule has 0 radical (unpaired) electrons. The summed E-state index contributed by atoms with van der Waals surface area (Å²) in [6, 6.07) is 8.08. The SMILES string of the molecule is Cn1cnc(C(N)Cc2nn(C)c3ccccc23)c1. The quantitative estimate of drug-likeness (QED) is 0.772. The van der Waals surface area contributed by atoms with Gasteiger partial charge in [-0.2, -0.15) is 5.10 Å². The van der Waals surface area contributed by atoms with Crippen LogP contribution >= 0.6 is 0 Å². The zero-order valence-electron chi connectivity index (χ0n) is 11.1. The predicted molar refractivity (Wildman–Crippen MR) is 74.6 cm³/mol. The van der Waals surface area contributed by atoms with E-state index in [1.165, 1.54) is 0 Å². The Labute approximate surface area is 111 Å². The van der Waals surface area contributed by atoms with E-state index in [2.05, 4.69) is 22.2 Å². The fourth-order valence-electron chi connectivity index (χ4n) is 2.38. The van der Waals surface area contributed by atoms with Gasteiger partial charge in [0.2, 0.25) is 0 Å². The van der Waals surface area contributed by atoms with Crippen molar-refractivity contribution in [1.82, 2.24) is 19.3 Å². The molecule has 2 heterocycles. The van der Waals surface area contributed by atoms with Crippen LogP contribution in [0.1, 0.15) is 17.4 Å². The number of aryl methyl sites for hydroxylation is 2. The van der Waals surface area contributed by atoms with Gasteiger partial charge in [-0.15, -0.1) is 0 Å². The maximum Gasteiger partial charge on any atom is 0.0947 e. The largest absolute Gasteiger partial charge is 0.340 e. The highest BCUT2D eigenvalue weighted by atomic mass is 15.3. The summed E-state index contributed by atoms with van der Waals surface area (Å²) in [4.78, 5) is 4.30. The lowest BCUT2D eigenvalue weighted by molar-refractivity contribution is 0.668. The molecule has 1 atom stereocenters. The number of hydrogen-bond acceptors (Lipinski definition) is 3. The molecule has 0 bridgehead atoms. The Hall–Kier alpha value is -2.14. The van der Waals surface area contributed by atoms with Crippen molar-refractivity contribution in [3.63, 3.8) is 0 Å². The molecule has 3 aromatic rings. The van der Waals surface area contributed by atoms with Crippen LogP contribution in [0.3, 0.4) is 0 Å². The van der Waals surface area contributed by atoms with Gasteiger partial charge in [-0.05, 0) is 6.07 Å². The molecule has 0 saturated carbocycles. The van der Waals surface area contributed by atoms with E-state index in [0.717, 1.165) is 22.3 Å². The van der Waals surface area contributed by atoms with Crippen molar-refractivity contribution in [3.8, 4) is 0 Å². The highest BCUT2D eigenvalue weighted by Crippen LogP contribution is 2.21. The Kier molecular flexibility index (Phi) is 2.83. The van der Waals surface area contributed by atoms with Crippen molar-refractivity contribution in [2.45, 2.75) is 12.5 Å². The molecule has 0 spiro atoms. The van der Waals surface area contributed by atoms with Gasteiger partial charge in [-0.25, -0.2) is 4.98 Å². The van der Waals surface area contributed by atoms with Gasteiger partial charge in [0.05, 0.1) is 29.3 Å². The van der Waals surface area contributed by atoms with E-state index < -0.39 is 0 Å². The summed E-state index contributed by atoms with van der Waals surface area (Å²) < 4.78 is 3.81. The average molecular weight is 255 g/mol. The van der Waals surface area contributed by atoms with Crippen molar-refractivity contribution < 1.29 is 0 Å². The van der Waals surface area contributed by atoms with Crippen LogP contribution in [0.5, 0.6) is 0 Å². The minimum atomic E-state index is -0.125. The fourth-order valence-corrected chi connectivity index (χ4v) is 2.38. The Bertz CT molecular complexity index is 710. The zero-order chi connectivity index (χ0) is 13.4. The van der Waals surface area contributed by atoms with E-state index in [9.17, 15) is 0 Å². The molecule has 0 aliphatic carbocycles. The van der Waals surface area contributed by atoms with E-state index in [4.69, 9.17) is 5.73 Å². The van der Waals surface area contributed by atoms with Crippen LogP contribution in [0.25, 0.3) is 10.9 Å². The second kappa shape index (κ2) is 4.51. The fraction of sp³-hybridized carbons (Fsp3) is 0.286. The van der Waals surface area contributed by atoms with Crippen LogP contribution in [-0.4, -0.2) is 19.3 Å². The normalized spacial score (nSPS) is 13.0. The highest BCUT2D eigenvalue weighted by molar-refractivity contribution is 5.81. The van der Waals surface area contributed by atoms with E-state index in [1.54, 1.807) is 6.33 Å². The van der Waals surface area contributed by atoms with Gasteiger partial charge in [0.15, 0.2) is 0 Å². The molecule has 0 amide bonds. The van der Waals surface area contributed by atoms with Gasteiger partial charge in [0.1, 0.15) is 0 Å². The molecule has 0 aliphatic heterocycles. The molecule has 98 valence electrons. The van der Waals surface area contributed by atoms with E-state index in [0.29, 0.717) is 6.42 Å². The third-order valence-electron chi connectivity index (χ3n) is 3.35.